The summed E-state index contributed by atoms with van der Waals surface area (Å²) in [7, 11) is 3.73. The summed E-state index contributed by atoms with van der Waals surface area (Å²) in [5.41, 5.74) is 0.705. The molecule has 2 fully saturated rings. The van der Waals surface area contributed by atoms with Crippen LogP contribution >= 0.6 is 0 Å². The van der Waals surface area contributed by atoms with Crippen molar-refractivity contribution in [3.05, 3.63) is 48.5 Å². The fraction of sp³-hybridized carbons (Fsp3) is 0.520. The number of alkyl halides is 6. The van der Waals surface area contributed by atoms with Gasteiger partial charge in [0.2, 0.25) is 11.9 Å². The Labute approximate surface area is 236 Å². The Hall–Kier alpha value is -4.02. The zero-order valence-corrected chi connectivity index (χ0v) is 22.6. The third kappa shape index (κ3) is 9.53. The minimum Gasteiger partial charge on any atom is -0.475 e. The molecule has 42 heavy (non-hydrogen) atoms. The number of hydrogen-bond acceptors (Lipinski definition) is 8. The summed E-state index contributed by atoms with van der Waals surface area (Å²) in [6.07, 6.45) is -2.88. The lowest BCUT2D eigenvalue weighted by Gasteiger charge is -2.34. The fourth-order valence-corrected chi connectivity index (χ4v) is 4.78. The van der Waals surface area contributed by atoms with E-state index in [2.05, 4.69) is 30.8 Å². The van der Waals surface area contributed by atoms with E-state index < -0.39 is 24.3 Å². The molecule has 2 aliphatic heterocycles. The van der Waals surface area contributed by atoms with Gasteiger partial charge in [-0.25, -0.2) is 19.6 Å². The minimum absolute atomic E-state index is 0.232. The lowest BCUT2D eigenvalue weighted by Crippen LogP contribution is -2.47. The summed E-state index contributed by atoms with van der Waals surface area (Å²) >= 11 is 0. The molecular weight excluding hydrogens is 578 g/mol. The van der Waals surface area contributed by atoms with E-state index in [4.69, 9.17) is 19.8 Å². The molecule has 2 aliphatic rings. The number of hydrogen-bond donors (Lipinski definition) is 2. The highest BCUT2D eigenvalue weighted by molar-refractivity contribution is 5.84. The van der Waals surface area contributed by atoms with Crippen LogP contribution in [0.25, 0.3) is 0 Å². The van der Waals surface area contributed by atoms with Crippen LogP contribution in [-0.4, -0.2) is 105 Å². The van der Waals surface area contributed by atoms with E-state index in [1.807, 2.05) is 38.5 Å². The van der Waals surface area contributed by atoms with E-state index >= 15 is 0 Å². The van der Waals surface area contributed by atoms with Crippen molar-refractivity contribution >= 4 is 23.8 Å². The molecule has 2 aromatic heterocycles. The highest BCUT2D eigenvalue weighted by Crippen LogP contribution is 2.44. The second kappa shape index (κ2) is 14.2. The Morgan fingerprint density at radius 2 is 1.48 bits per heavy atom. The largest absolute Gasteiger partial charge is 0.490 e. The summed E-state index contributed by atoms with van der Waals surface area (Å²) < 4.78 is 63.5. The second-order valence-electron chi connectivity index (χ2n) is 9.75. The normalized spacial score (nSPS) is 20.6. The molecule has 11 nitrogen and oxygen atoms in total. The van der Waals surface area contributed by atoms with Gasteiger partial charge in [-0.2, -0.15) is 26.3 Å². The quantitative estimate of drug-likeness (QED) is 0.498. The van der Waals surface area contributed by atoms with Gasteiger partial charge in [0.05, 0.1) is 11.1 Å². The van der Waals surface area contributed by atoms with Gasteiger partial charge in [0.15, 0.2) is 0 Å². The molecule has 4 heterocycles. The van der Waals surface area contributed by atoms with E-state index in [0.29, 0.717) is 6.54 Å². The summed E-state index contributed by atoms with van der Waals surface area (Å²) in [5.74, 6) is -4.31. The number of aromatic nitrogens is 3. The average Bonchev–Trinajstić information content (AvgIpc) is 3.19. The number of carbonyl (C=O) groups excluding carboxylic acids is 1. The van der Waals surface area contributed by atoms with Gasteiger partial charge in [-0.05, 0) is 37.6 Å². The SMILES string of the molecule is CN(C)C(=O)[C@]12CCCN(Cc3ccccn3)C[C@H]1CN(c1ncccn1)C2.O=C(O)C(F)(F)F.O=C(O)C(F)(F)F. The number of carboxylic acids is 2. The van der Waals surface area contributed by atoms with Gasteiger partial charge in [-0.15, -0.1) is 0 Å². The molecule has 2 saturated heterocycles. The number of halogens is 6. The van der Waals surface area contributed by atoms with Crippen molar-refractivity contribution in [2.45, 2.75) is 31.7 Å². The van der Waals surface area contributed by atoms with Gasteiger partial charge in [0.25, 0.3) is 0 Å². The average molecular weight is 609 g/mol. The monoisotopic (exact) mass is 608 g/mol. The topological polar surface area (TPSA) is 140 Å². The van der Waals surface area contributed by atoms with Crippen LogP contribution in [-0.2, 0) is 20.9 Å². The number of carboxylic acid groups (broad SMARTS) is 2. The lowest BCUT2D eigenvalue weighted by atomic mass is 9.74. The van der Waals surface area contributed by atoms with Crippen molar-refractivity contribution in [3.8, 4) is 0 Å². The van der Waals surface area contributed by atoms with Crippen molar-refractivity contribution in [2.24, 2.45) is 11.3 Å². The molecule has 0 bridgehead atoms. The van der Waals surface area contributed by atoms with Crippen LogP contribution in [0, 0.1) is 11.3 Å². The van der Waals surface area contributed by atoms with E-state index in [1.54, 1.807) is 17.3 Å². The smallest absolute Gasteiger partial charge is 0.475 e. The first-order chi connectivity index (χ1) is 19.5. The van der Waals surface area contributed by atoms with Crippen molar-refractivity contribution in [3.63, 3.8) is 0 Å². The molecule has 1 amide bonds. The molecule has 232 valence electrons. The van der Waals surface area contributed by atoms with Crippen LogP contribution in [0.2, 0.25) is 0 Å². The van der Waals surface area contributed by atoms with Gasteiger partial charge in [-0.3, -0.25) is 14.7 Å². The zero-order chi connectivity index (χ0) is 31.7. The number of likely N-dealkylation sites (tertiary alicyclic amines) is 1. The number of rotatable bonds is 4. The number of amides is 1. The molecule has 2 aromatic rings. The second-order valence-corrected chi connectivity index (χ2v) is 9.75. The molecule has 0 radical (unpaired) electrons. The molecule has 17 heteroatoms. The molecule has 2 N–H and O–H groups in total. The van der Waals surface area contributed by atoms with E-state index in [0.717, 1.165) is 50.7 Å². The third-order valence-corrected chi connectivity index (χ3v) is 6.53. The first-order valence-corrected chi connectivity index (χ1v) is 12.4. The fourth-order valence-electron chi connectivity index (χ4n) is 4.78. The Morgan fingerprint density at radius 1 is 0.929 bits per heavy atom. The van der Waals surface area contributed by atoms with Gasteiger partial charge in [-0.1, -0.05) is 6.07 Å². The van der Waals surface area contributed by atoms with Crippen LogP contribution in [0.5, 0.6) is 0 Å². The van der Waals surface area contributed by atoms with Crippen LogP contribution in [0.3, 0.4) is 0 Å². The first kappa shape index (κ1) is 34.2. The maximum absolute atomic E-state index is 13.3. The molecule has 0 unspecified atom stereocenters. The Bertz CT molecular complexity index is 1160. The molecule has 0 saturated carbocycles. The first-order valence-electron chi connectivity index (χ1n) is 12.4. The Kier molecular flexibility index (Phi) is 11.6. The molecular formula is C25H30F6N6O5. The molecule has 2 atom stereocenters. The Morgan fingerprint density at radius 3 is 1.95 bits per heavy atom. The predicted molar refractivity (Wildman–Crippen MR) is 135 cm³/mol. The van der Waals surface area contributed by atoms with Gasteiger partial charge >= 0.3 is 24.3 Å². The van der Waals surface area contributed by atoms with Crippen LogP contribution in [0.15, 0.2) is 42.9 Å². The minimum atomic E-state index is -5.08. The maximum atomic E-state index is 13.3. The molecule has 0 spiro atoms. The summed E-state index contributed by atoms with van der Waals surface area (Å²) in [6, 6.07) is 7.88. The highest BCUT2D eigenvalue weighted by atomic mass is 19.4. The van der Waals surface area contributed by atoms with E-state index in [-0.39, 0.29) is 17.2 Å². The highest BCUT2D eigenvalue weighted by Gasteiger charge is 2.54. The summed E-state index contributed by atoms with van der Waals surface area (Å²) in [6.45, 7) is 4.21. The van der Waals surface area contributed by atoms with E-state index in [9.17, 15) is 31.1 Å². The number of aliphatic carboxylic acids is 2. The number of fused-ring (bicyclic) bond motifs is 1. The lowest BCUT2D eigenvalue weighted by molar-refractivity contribution is -0.193. The van der Waals surface area contributed by atoms with Gasteiger partial charge < -0.3 is 20.0 Å². The van der Waals surface area contributed by atoms with Crippen molar-refractivity contribution in [1.29, 1.82) is 0 Å². The molecule has 0 aromatic carbocycles. The van der Waals surface area contributed by atoms with Gasteiger partial charge in [0, 0.05) is 64.8 Å². The summed E-state index contributed by atoms with van der Waals surface area (Å²) in [5, 5.41) is 14.2. The third-order valence-electron chi connectivity index (χ3n) is 6.53. The van der Waals surface area contributed by atoms with Crippen molar-refractivity contribution in [1.82, 2.24) is 24.8 Å². The van der Waals surface area contributed by atoms with Crippen LogP contribution in [0.4, 0.5) is 32.3 Å². The summed E-state index contributed by atoms with van der Waals surface area (Å²) in [4.78, 5) is 50.9. The van der Waals surface area contributed by atoms with Crippen LogP contribution in [0.1, 0.15) is 18.5 Å². The van der Waals surface area contributed by atoms with Gasteiger partial charge in [0.1, 0.15) is 0 Å². The number of pyridine rings is 1. The van der Waals surface area contributed by atoms with Crippen molar-refractivity contribution < 1.29 is 50.9 Å². The standard InChI is InChI=1S/C21H28N6O.2C2HF3O2/c1-25(2)19(28)21-8-5-12-26(15-18-7-3-4-9-22-18)13-17(21)14-27(16-21)20-23-10-6-11-24-20;2*3-2(4,5)1(6)7/h3-4,6-7,9-11,17H,5,8,12-16H2,1-2H3;2*(H,6,7)/t17-,21-;;/m0../s1. The number of nitrogens with zero attached hydrogens (tertiary/aromatic N) is 6. The predicted octanol–water partition coefficient (Wildman–Crippen LogP) is 2.94. The van der Waals surface area contributed by atoms with Crippen molar-refractivity contribution in [2.75, 3.05) is 45.2 Å². The zero-order valence-electron chi connectivity index (χ0n) is 22.6. The van der Waals surface area contributed by atoms with Crippen LogP contribution < -0.4 is 4.90 Å². The maximum Gasteiger partial charge on any atom is 0.490 e. The molecule has 4 rings (SSSR count). The van der Waals surface area contributed by atoms with E-state index in [1.165, 1.54) is 0 Å². The number of anilines is 1. The molecule has 0 aliphatic carbocycles. The number of carbonyl (C=O) groups is 3. The Balaban J connectivity index is 0.000000367.